The van der Waals surface area contributed by atoms with E-state index in [9.17, 15) is 26.4 Å². The maximum absolute atomic E-state index is 12.2. The lowest BCUT2D eigenvalue weighted by Crippen LogP contribution is -2.28. The summed E-state index contributed by atoms with van der Waals surface area (Å²) in [6.07, 6.45) is 0.984. The first kappa shape index (κ1) is 16.0. The van der Waals surface area contributed by atoms with Crippen molar-refractivity contribution in [1.82, 2.24) is 4.98 Å². The zero-order valence-electron chi connectivity index (χ0n) is 10.7. The van der Waals surface area contributed by atoms with Crippen LogP contribution in [-0.4, -0.2) is 24.7 Å². The molecule has 0 amide bonds. The Kier molecular flexibility index (Phi) is 4.18. The highest BCUT2D eigenvalue weighted by molar-refractivity contribution is 7.88. The highest BCUT2D eigenvalue weighted by Gasteiger charge is 2.48. The molecule has 2 aromatic rings. The van der Waals surface area contributed by atoms with Gasteiger partial charge in [0.1, 0.15) is 11.4 Å². The number of aromatic nitrogens is 1. The second kappa shape index (κ2) is 5.76. The van der Waals surface area contributed by atoms with Gasteiger partial charge in [-0.15, -0.1) is 0 Å². The van der Waals surface area contributed by atoms with Crippen LogP contribution in [0.2, 0.25) is 0 Å². The topological polar surface area (TPSA) is 73.3 Å². The molecule has 0 fully saturated rings. The summed E-state index contributed by atoms with van der Waals surface area (Å²) in [4.78, 5) is 15.8. The third-order valence-corrected chi connectivity index (χ3v) is 3.47. The average Bonchev–Trinajstić information content (AvgIpc) is 2.46. The number of hydrogen-bond acceptors (Lipinski definition) is 5. The quantitative estimate of drug-likeness (QED) is 0.489. The highest BCUT2D eigenvalue weighted by Crippen LogP contribution is 2.27. The molecule has 0 N–H and O–H groups in total. The third kappa shape index (κ3) is 3.42. The highest BCUT2D eigenvalue weighted by atomic mass is 32.2. The first-order chi connectivity index (χ1) is 10.2. The normalized spacial score (nSPS) is 12.0. The van der Waals surface area contributed by atoms with Crippen LogP contribution in [0.3, 0.4) is 0 Å². The summed E-state index contributed by atoms with van der Waals surface area (Å²) in [6.45, 7) is 0. The molecule has 2 rings (SSSR count). The number of nitrogens with zero attached hydrogens (tertiary/aromatic N) is 1. The van der Waals surface area contributed by atoms with Gasteiger partial charge in [0.25, 0.3) is 0 Å². The van der Waals surface area contributed by atoms with E-state index in [1.807, 2.05) is 0 Å². The molecule has 0 unspecified atom stereocenters. The van der Waals surface area contributed by atoms with Crippen LogP contribution in [0.4, 0.5) is 13.2 Å². The molecule has 0 atom stereocenters. The monoisotopic (exact) mass is 331 g/mol. The molecule has 0 saturated carbocycles. The van der Waals surface area contributed by atoms with Crippen LogP contribution in [0.5, 0.6) is 5.75 Å². The van der Waals surface area contributed by atoms with E-state index in [4.69, 9.17) is 0 Å². The van der Waals surface area contributed by atoms with Gasteiger partial charge in [0.2, 0.25) is 5.78 Å². The van der Waals surface area contributed by atoms with Crippen molar-refractivity contribution in [2.45, 2.75) is 5.51 Å². The Labute approximate surface area is 123 Å². The SMILES string of the molecule is O=C(c1ccccc1)c1cc(OS(=O)(=O)C(F)(F)F)ccn1. The van der Waals surface area contributed by atoms with Crippen molar-refractivity contribution in [2.75, 3.05) is 0 Å². The van der Waals surface area contributed by atoms with Crippen molar-refractivity contribution >= 4 is 15.9 Å². The number of alkyl halides is 3. The summed E-state index contributed by atoms with van der Waals surface area (Å²) >= 11 is 0. The van der Waals surface area contributed by atoms with Crippen LogP contribution >= 0.6 is 0 Å². The van der Waals surface area contributed by atoms with Gasteiger partial charge < -0.3 is 4.18 Å². The van der Waals surface area contributed by atoms with E-state index in [1.165, 1.54) is 12.1 Å². The summed E-state index contributed by atoms with van der Waals surface area (Å²) < 4.78 is 62.5. The van der Waals surface area contributed by atoms with Crippen LogP contribution in [0, 0.1) is 0 Å². The summed E-state index contributed by atoms with van der Waals surface area (Å²) in [5.41, 5.74) is -5.54. The lowest BCUT2D eigenvalue weighted by atomic mass is 10.1. The predicted octanol–water partition coefficient (Wildman–Crippen LogP) is 2.54. The Bertz CT molecular complexity index is 788. The van der Waals surface area contributed by atoms with E-state index in [0.717, 1.165) is 18.3 Å². The van der Waals surface area contributed by atoms with Gasteiger partial charge in [-0.1, -0.05) is 30.3 Å². The van der Waals surface area contributed by atoms with Crippen LogP contribution in [0.25, 0.3) is 0 Å². The van der Waals surface area contributed by atoms with Gasteiger partial charge >= 0.3 is 15.6 Å². The molecule has 0 radical (unpaired) electrons. The Morgan fingerprint density at radius 1 is 1.09 bits per heavy atom. The number of ketones is 1. The summed E-state index contributed by atoms with van der Waals surface area (Å²) in [6, 6.07) is 9.60. The fourth-order valence-electron chi connectivity index (χ4n) is 1.50. The van der Waals surface area contributed by atoms with E-state index in [1.54, 1.807) is 18.2 Å². The fourth-order valence-corrected chi connectivity index (χ4v) is 1.95. The second-order valence-corrected chi connectivity index (χ2v) is 5.59. The molecule has 1 aromatic carbocycles. The van der Waals surface area contributed by atoms with Crippen LogP contribution in [0.1, 0.15) is 16.1 Å². The largest absolute Gasteiger partial charge is 0.534 e. The standard InChI is InChI=1S/C13H8F3NO4S/c14-13(15,16)22(19,20)21-10-6-7-17-11(8-10)12(18)9-4-2-1-3-5-9/h1-8H. The van der Waals surface area contributed by atoms with Gasteiger partial charge in [0, 0.05) is 23.9 Å². The number of carbonyl (C=O) groups excluding carboxylic acids is 1. The number of rotatable bonds is 4. The lowest BCUT2D eigenvalue weighted by molar-refractivity contribution is -0.0500. The second-order valence-electron chi connectivity index (χ2n) is 4.06. The molecule has 0 saturated heterocycles. The molecule has 0 aliphatic rings. The number of halogens is 3. The van der Waals surface area contributed by atoms with Crippen molar-refractivity contribution in [2.24, 2.45) is 0 Å². The van der Waals surface area contributed by atoms with Crippen LogP contribution in [0.15, 0.2) is 48.7 Å². The number of pyridine rings is 1. The van der Waals surface area contributed by atoms with E-state index in [2.05, 4.69) is 9.17 Å². The Morgan fingerprint density at radius 2 is 1.73 bits per heavy atom. The molecule has 5 nitrogen and oxygen atoms in total. The van der Waals surface area contributed by atoms with Crippen LogP contribution < -0.4 is 4.18 Å². The first-order valence-corrected chi connectivity index (χ1v) is 7.18. The smallest absolute Gasteiger partial charge is 0.376 e. The third-order valence-electron chi connectivity index (χ3n) is 2.49. The molecule has 0 spiro atoms. The van der Waals surface area contributed by atoms with Gasteiger partial charge in [0.15, 0.2) is 0 Å². The number of hydrogen-bond donors (Lipinski definition) is 0. The van der Waals surface area contributed by atoms with Crippen LogP contribution in [-0.2, 0) is 10.1 Å². The fraction of sp³-hybridized carbons (Fsp3) is 0.0769. The van der Waals surface area contributed by atoms with Crippen molar-refractivity contribution in [3.63, 3.8) is 0 Å². The molecule has 22 heavy (non-hydrogen) atoms. The minimum atomic E-state index is -5.80. The summed E-state index contributed by atoms with van der Waals surface area (Å²) in [7, 11) is -5.80. The minimum Gasteiger partial charge on any atom is -0.376 e. The van der Waals surface area contributed by atoms with Gasteiger partial charge in [0.05, 0.1) is 0 Å². The van der Waals surface area contributed by atoms with E-state index in [0.29, 0.717) is 0 Å². The van der Waals surface area contributed by atoms with Crippen molar-refractivity contribution < 1.29 is 30.6 Å². The van der Waals surface area contributed by atoms with Crippen molar-refractivity contribution in [3.05, 3.63) is 59.9 Å². The minimum absolute atomic E-state index is 0.235. The molecule has 0 aliphatic heterocycles. The van der Waals surface area contributed by atoms with E-state index >= 15 is 0 Å². The summed E-state index contributed by atoms with van der Waals surface area (Å²) in [5.74, 6) is -1.22. The predicted molar refractivity (Wildman–Crippen MR) is 69.7 cm³/mol. The van der Waals surface area contributed by atoms with Crippen molar-refractivity contribution in [3.8, 4) is 5.75 Å². The maximum atomic E-state index is 12.2. The average molecular weight is 331 g/mol. The molecule has 0 bridgehead atoms. The molecular formula is C13H8F3NO4S. The Balaban J connectivity index is 2.30. The molecule has 0 aliphatic carbocycles. The summed E-state index contributed by atoms with van der Waals surface area (Å²) in [5, 5.41) is 0. The molecule has 9 heteroatoms. The van der Waals surface area contributed by atoms with Gasteiger partial charge in [-0.05, 0) is 0 Å². The van der Waals surface area contributed by atoms with Crippen molar-refractivity contribution in [1.29, 1.82) is 0 Å². The molecule has 116 valence electrons. The molecule has 1 heterocycles. The molecule has 1 aromatic heterocycles. The number of carbonyl (C=O) groups is 1. The van der Waals surface area contributed by atoms with Gasteiger partial charge in [-0.25, -0.2) is 0 Å². The van der Waals surface area contributed by atoms with Gasteiger partial charge in [-0.3, -0.25) is 9.78 Å². The van der Waals surface area contributed by atoms with E-state index < -0.39 is 27.2 Å². The first-order valence-electron chi connectivity index (χ1n) is 5.77. The zero-order valence-corrected chi connectivity index (χ0v) is 11.6. The Hall–Kier alpha value is -2.42. The molecular weight excluding hydrogens is 323 g/mol. The maximum Gasteiger partial charge on any atom is 0.534 e. The van der Waals surface area contributed by atoms with E-state index in [-0.39, 0.29) is 11.3 Å². The zero-order chi connectivity index (χ0) is 16.4. The Morgan fingerprint density at radius 3 is 2.32 bits per heavy atom. The number of benzene rings is 1. The lowest BCUT2D eigenvalue weighted by Gasteiger charge is -2.09. The van der Waals surface area contributed by atoms with Gasteiger partial charge in [-0.2, -0.15) is 21.6 Å².